The fraction of sp³-hybridized carbons (Fsp3) is 0. The Balaban J connectivity index is 2.02. The summed E-state index contributed by atoms with van der Waals surface area (Å²) in [5.74, 6) is 0.523. The lowest BCUT2D eigenvalue weighted by Crippen LogP contribution is -1.99. The zero-order chi connectivity index (χ0) is 13.1. The van der Waals surface area contributed by atoms with Crippen molar-refractivity contribution < 1.29 is 4.42 Å². The van der Waals surface area contributed by atoms with E-state index in [1.165, 1.54) is 6.07 Å². The number of benzene rings is 1. The van der Waals surface area contributed by atoms with Gasteiger partial charge in [-0.25, -0.2) is 0 Å². The van der Waals surface area contributed by atoms with E-state index in [2.05, 4.69) is 4.98 Å². The maximum atomic E-state index is 11.9. The van der Waals surface area contributed by atoms with E-state index in [1.54, 1.807) is 24.4 Å². The van der Waals surface area contributed by atoms with E-state index < -0.39 is 0 Å². The molecule has 0 amide bonds. The van der Waals surface area contributed by atoms with E-state index in [1.807, 2.05) is 36.4 Å². The monoisotopic (exact) mass is 249 g/mol. The van der Waals surface area contributed by atoms with Crippen LogP contribution in [-0.4, -0.2) is 4.98 Å². The van der Waals surface area contributed by atoms with Gasteiger partial charge in [0.25, 0.3) is 0 Å². The van der Waals surface area contributed by atoms with Crippen molar-refractivity contribution in [3.05, 3.63) is 76.4 Å². The zero-order valence-corrected chi connectivity index (χ0v) is 10.1. The Labute approximate surface area is 109 Å². The number of hydrogen-bond acceptors (Lipinski definition) is 3. The van der Waals surface area contributed by atoms with Crippen molar-refractivity contribution in [1.82, 2.24) is 4.98 Å². The summed E-state index contributed by atoms with van der Waals surface area (Å²) in [5.41, 5.74) is 1.37. The van der Waals surface area contributed by atoms with Crippen LogP contribution < -0.4 is 5.43 Å². The maximum absolute atomic E-state index is 11.9. The van der Waals surface area contributed by atoms with Crippen molar-refractivity contribution in [1.29, 1.82) is 0 Å². The number of aromatic nitrogens is 1. The fourth-order valence-electron chi connectivity index (χ4n) is 1.85. The summed E-state index contributed by atoms with van der Waals surface area (Å²) >= 11 is 0. The third kappa shape index (κ3) is 2.45. The van der Waals surface area contributed by atoms with Crippen LogP contribution in [-0.2, 0) is 0 Å². The molecule has 2 aromatic heterocycles. The number of para-hydroxylation sites is 1. The van der Waals surface area contributed by atoms with E-state index in [0.29, 0.717) is 16.7 Å². The summed E-state index contributed by atoms with van der Waals surface area (Å²) in [4.78, 5) is 16.1. The molecule has 0 spiro atoms. The van der Waals surface area contributed by atoms with E-state index in [-0.39, 0.29) is 5.43 Å². The number of pyridine rings is 1. The molecule has 0 unspecified atom stereocenters. The second kappa shape index (κ2) is 4.90. The van der Waals surface area contributed by atoms with E-state index in [0.717, 1.165) is 5.69 Å². The van der Waals surface area contributed by atoms with Crippen LogP contribution in [0.2, 0.25) is 0 Å². The van der Waals surface area contributed by atoms with Crippen LogP contribution >= 0.6 is 0 Å². The smallest absolute Gasteiger partial charge is 0.193 e. The largest absolute Gasteiger partial charge is 0.456 e. The molecule has 0 saturated heterocycles. The van der Waals surface area contributed by atoms with Crippen LogP contribution in [0.5, 0.6) is 0 Å². The zero-order valence-electron chi connectivity index (χ0n) is 10.1. The summed E-state index contributed by atoms with van der Waals surface area (Å²) < 4.78 is 5.65. The molecule has 0 radical (unpaired) electrons. The molecule has 0 aliphatic heterocycles. The van der Waals surface area contributed by atoms with Gasteiger partial charge in [-0.1, -0.05) is 18.2 Å². The summed E-state index contributed by atoms with van der Waals surface area (Å²) in [5, 5.41) is 0.595. The van der Waals surface area contributed by atoms with Gasteiger partial charge in [0, 0.05) is 12.3 Å². The van der Waals surface area contributed by atoms with Gasteiger partial charge in [0.05, 0.1) is 11.1 Å². The van der Waals surface area contributed by atoms with Gasteiger partial charge in [0.2, 0.25) is 0 Å². The topological polar surface area (TPSA) is 43.1 Å². The van der Waals surface area contributed by atoms with Gasteiger partial charge in [-0.2, -0.15) is 0 Å². The lowest BCUT2D eigenvalue weighted by Gasteiger charge is -1.98. The van der Waals surface area contributed by atoms with Gasteiger partial charge < -0.3 is 4.42 Å². The number of nitrogens with zero attached hydrogens (tertiary/aromatic N) is 1. The number of fused-ring (bicyclic) bond motifs is 1. The van der Waals surface area contributed by atoms with Gasteiger partial charge >= 0.3 is 0 Å². The van der Waals surface area contributed by atoms with Gasteiger partial charge in [-0.3, -0.25) is 9.78 Å². The van der Waals surface area contributed by atoms with Crippen LogP contribution in [0.4, 0.5) is 0 Å². The third-order valence-electron chi connectivity index (χ3n) is 2.76. The van der Waals surface area contributed by atoms with Crippen LogP contribution in [0.3, 0.4) is 0 Å². The van der Waals surface area contributed by atoms with Crippen LogP contribution in [0, 0.1) is 0 Å². The second-order valence-electron chi connectivity index (χ2n) is 4.10. The second-order valence-corrected chi connectivity index (χ2v) is 4.10. The predicted octanol–water partition coefficient (Wildman–Crippen LogP) is 3.36. The first kappa shape index (κ1) is 11.4. The summed E-state index contributed by atoms with van der Waals surface area (Å²) in [7, 11) is 0. The van der Waals surface area contributed by atoms with Crippen molar-refractivity contribution in [2.24, 2.45) is 0 Å². The summed E-state index contributed by atoms with van der Waals surface area (Å²) in [6, 6.07) is 14.3. The molecule has 92 valence electrons. The van der Waals surface area contributed by atoms with Gasteiger partial charge in [-0.05, 0) is 36.4 Å². The van der Waals surface area contributed by atoms with Crippen LogP contribution in [0.1, 0.15) is 11.5 Å². The molecule has 2 heterocycles. The van der Waals surface area contributed by atoms with Crippen LogP contribution in [0.15, 0.2) is 63.9 Å². The molecule has 3 rings (SSSR count). The van der Waals surface area contributed by atoms with Gasteiger partial charge in [-0.15, -0.1) is 0 Å². The van der Waals surface area contributed by atoms with E-state index in [4.69, 9.17) is 4.42 Å². The minimum atomic E-state index is -0.0393. The molecule has 0 fully saturated rings. The highest BCUT2D eigenvalue weighted by atomic mass is 16.3. The van der Waals surface area contributed by atoms with Crippen molar-refractivity contribution >= 4 is 23.1 Å². The molecule has 19 heavy (non-hydrogen) atoms. The Morgan fingerprint density at radius 3 is 2.68 bits per heavy atom. The van der Waals surface area contributed by atoms with E-state index in [9.17, 15) is 4.79 Å². The highest BCUT2D eigenvalue weighted by molar-refractivity contribution is 5.78. The van der Waals surface area contributed by atoms with Crippen LogP contribution in [0.25, 0.3) is 23.1 Å². The standard InChI is InChI=1S/C16H11NO2/c18-15-11-13(9-8-12-5-3-4-10-17-12)19-16-7-2-1-6-14(15)16/h1-11H/b9-8+. The molecule has 0 atom stereocenters. The first-order chi connectivity index (χ1) is 9.33. The van der Waals surface area contributed by atoms with Crippen molar-refractivity contribution in [3.8, 4) is 0 Å². The minimum Gasteiger partial charge on any atom is -0.456 e. The molecule has 0 bridgehead atoms. The average Bonchev–Trinajstić information content (AvgIpc) is 2.46. The minimum absolute atomic E-state index is 0.0393. The average molecular weight is 249 g/mol. The lowest BCUT2D eigenvalue weighted by atomic mass is 10.2. The molecule has 0 N–H and O–H groups in total. The molecular weight excluding hydrogens is 238 g/mol. The first-order valence-corrected chi connectivity index (χ1v) is 5.95. The lowest BCUT2D eigenvalue weighted by molar-refractivity contribution is 0.591. The number of rotatable bonds is 2. The molecule has 0 saturated carbocycles. The fourth-order valence-corrected chi connectivity index (χ4v) is 1.85. The van der Waals surface area contributed by atoms with Crippen molar-refractivity contribution in [3.63, 3.8) is 0 Å². The summed E-state index contributed by atoms with van der Waals surface area (Å²) in [6.07, 6.45) is 5.28. The van der Waals surface area contributed by atoms with Crippen molar-refractivity contribution in [2.75, 3.05) is 0 Å². The Morgan fingerprint density at radius 1 is 1.00 bits per heavy atom. The maximum Gasteiger partial charge on any atom is 0.193 e. The predicted molar refractivity (Wildman–Crippen MR) is 75.6 cm³/mol. The molecule has 1 aromatic carbocycles. The SMILES string of the molecule is O=c1cc(/C=C/c2ccccn2)oc2ccccc12. The molecule has 3 heteroatoms. The van der Waals surface area contributed by atoms with Gasteiger partial charge in [0.15, 0.2) is 5.43 Å². The van der Waals surface area contributed by atoms with Gasteiger partial charge in [0.1, 0.15) is 11.3 Å². The Morgan fingerprint density at radius 2 is 1.84 bits per heavy atom. The molecule has 3 nitrogen and oxygen atoms in total. The van der Waals surface area contributed by atoms with Crippen molar-refractivity contribution in [2.45, 2.75) is 0 Å². The molecular formula is C16H11NO2. The van der Waals surface area contributed by atoms with E-state index >= 15 is 0 Å². The quantitative estimate of drug-likeness (QED) is 0.699. The highest BCUT2D eigenvalue weighted by Gasteiger charge is 2.01. The first-order valence-electron chi connectivity index (χ1n) is 5.95. The number of hydrogen-bond donors (Lipinski definition) is 0. The summed E-state index contributed by atoms with van der Waals surface area (Å²) in [6.45, 7) is 0. The Hall–Kier alpha value is -2.68. The Bertz CT molecular complexity index is 788. The molecule has 0 aliphatic carbocycles. The third-order valence-corrected chi connectivity index (χ3v) is 2.76. The molecule has 3 aromatic rings. The Kier molecular flexibility index (Phi) is 2.94. The molecule has 0 aliphatic rings. The highest BCUT2D eigenvalue weighted by Crippen LogP contribution is 2.13. The normalized spacial score (nSPS) is 11.2.